The molecule has 4 heterocycles. The maximum atomic E-state index is 7.47. The second-order valence-corrected chi connectivity index (χ2v) is 7.25. The summed E-state index contributed by atoms with van der Waals surface area (Å²) in [7, 11) is 0. The van der Waals surface area contributed by atoms with Gasteiger partial charge in [0, 0.05) is 23.9 Å². The molecule has 0 aliphatic heterocycles. The maximum absolute atomic E-state index is 7.47. The molecule has 5 aromatic rings. The van der Waals surface area contributed by atoms with Gasteiger partial charge in [0.1, 0.15) is 11.6 Å². The van der Waals surface area contributed by atoms with Crippen LogP contribution in [0.1, 0.15) is 17.5 Å². The van der Waals surface area contributed by atoms with Gasteiger partial charge < -0.3 is 15.9 Å². The number of benzene rings is 1. The van der Waals surface area contributed by atoms with E-state index in [-0.39, 0.29) is 5.84 Å². The lowest BCUT2D eigenvalue weighted by molar-refractivity contribution is 0.582. The minimum absolute atomic E-state index is 0.0834. The normalized spacial score (nSPS) is 11.5. The summed E-state index contributed by atoms with van der Waals surface area (Å²) in [5, 5.41) is 13.0. The largest absolute Gasteiger partial charge is 0.464 e. The highest BCUT2D eigenvalue weighted by Crippen LogP contribution is 2.28. The molecule has 0 bridgehead atoms. The highest BCUT2D eigenvalue weighted by atomic mass is 16.3. The number of nitrogens with two attached hydrogens (primary N) is 2. The lowest BCUT2D eigenvalue weighted by atomic mass is 10.1. The van der Waals surface area contributed by atoms with Crippen molar-refractivity contribution in [1.29, 1.82) is 5.41 Å². The van der Waals surface area contributed by atoms with Crippen LogP contribution in [-0.2, 0) is 13.0 Å². The van der Waals surface area contributed by atoms with Gasteiger partial charge in [-0.05, 0) is 36.6 Å². The van der Waals surface area contributed by atoms with E-state index in [9.17, 15) is 0 Å². The molecule has 4 aromatic heterocycles. The van der Waals surface area contributed by atoms with Gasteiger partial charge in [0.05, 0.1) is 23.4 Å². The summed E-state index contributed by atoms with van der Waals surface area (Å²) in [6, 6.07) is 13.6. The van der Waals surface area contributed by atoms with E-state index >= 15 is 0 Å². The van der Waals surface area contributed by atoms with Gasteiger partial charge in [0.2, 0.25) is 5.95 Å². The van der Waals surface area contributed by atoms with Gasteiger partial charge >= 0.3 is 0 Å². The van der Waals surface area contributed by atoms with Crippen molar-refractivity contribution in [3.05, 3.63) is 72.2 Å². The van der Waals surface area contributed by atoms with Crippen molar-refractivity contribution >= 4 is 28.3 Å². The summed E-state index contributed by atoms with van der Waals surface area (Å²) in [6.45, 7) is 0.728. The molecule has 5 N–H and O–H groups in total. The van der Waals surface area contributed by atoms with Crippen molar-refractivity contribution in [3.63, 3.8) is 0 Å². The molecule has 8 nitrogen and oxygen atoms in total. The number of anilines is 1. The number of rotatable bonds is 6. The molecule has 0 saturated heterocycles. The van der Waals surface area contributed by atoms with Crippen LogP contribution in [0.15, 0.2) is 65.5 Å². The summed E-state index contributed by atoms with van der Waals surface area (Å²) in [5.41, 5.74) is 16.3. The van der Waals surface area contributed by atoms with E-state index in [1.54, 1.807) is 6.26 Å². The van der Waals surface area contributed by atoms with Gasteiger partial charge in [0.25, 0.3) is 0 Å². The molecule has 0 radical (unpaired) electrons. The molecule has 0 aliphatic carbocycles. The first-order valence-electron chi connectivity index (χ1n) is 9.70. The van der Waals surface area contributed by atoms with Crippen LogP contribution in [0, 0.1) is 5.41 Å². The van der Waals surface area contributed by atoms with Crippen molar-refractivity contribution in [2.24, 2.45) is 5.73 Å². The fraction of sp³-hybridized carbons (Fsp3) is 0.136. The number of nitrogens with one attached hydrogen (secondary N) is 1. The van der Waals surface area contributed by atoms with E-state index in [1.165, 1.54) is 5.56 Å². The van der Waals surface area contributed by atoms with E-state index in [4.69, 9.17) is 21.3 Å². The maximum Gasteiger partial charge on any atom is 0.206 e. The van der Waals surface area contributed by atoms with Gasteiger partial charge in [-0.3, -0.25) is 9.81 Å². The first kappa shape index (κ1) is 18.0. The summed E-state index contributed by atoms with van der Waals surface area (Å²) < 4.78 is 9.27. The van der Waals surface area contributed by atoms with Crippen LogP contribution >= 0.6 is 0 Å². The Morgan fingerprint density at radius 2 is 2.00 bits per heavy atom. The molecule has 5 rings (SSSR count). The molecule has 0 spiro atoms. The number of hydrogen-bond donors (Lipinski definition) is 3. The SMILES string of the molecule is N=C(N)c1ccc(CCCn2ncc3c2nc(N)n2cc(-c4ccco4)cc32)cc1. The van der Waals surface area contributed by atoms with Crippen LogP contribution < -0.4 is 11.5 Å². The molecular weight excluding hydrogens is 378 g/mol. The van der Waals surface area contributed by atoms with Crippen molar-refractivity contribution in [1.82, 2.24) is 19.2 Å². The van der Waals surface area contributed by atoms with Crippen LogP contribution in [0.5, 0.6) is 0 Å². The van der Waals surface area contributed by atoms with E-state index < -0.39 is 0 Å². The Hall–Kier alpha value is -4.07. The summed E-state index contributed by atoms with van der Waals surface area (Å²) in [5.74, 6) is 1.28. The van der Waals surface area contributed by atoms with Crippen molar-refractivity contribution in [3.8, 4) is 11.3 Å². The molecular formula is C22H21N7O. The second-order valence-electron chi connectivity index (χ2n) is 7.25. The smallest absolute Gasteiger partial charge is 0.206 e. The molecule has 30 heavy (non-hydrogen) atoms. The number of aromatic nitrogens is 4. The highest BCUT2D eigenvalue weighted by Gasteiger charge is 2.14. The number of nitrogen functional groups attached to an aromatic ring is 2. The molecule has 0 atom stereocenters. The quantitative estimate of drug-likeness (QED) is 0.298. The Bertz CT molecular complexity index is 1340. The zero-order valence-corrected chi connectivity index (χ0v) is 16.2. The third kappa shape index (κ3) is 3.08. The molecule has 0 aliphatic rings. The molecule has 150 valence electrons. The number of aryl methyl sites for hydroxylation is 2. The molecule has 0 unspecified atom stereocenters. The van der Waals surface area contributed by atoms with Gasteiger partial charge in [-0.1, -0.05) is 24.3 Å². The van der Waals surface area contributed by atoms with E-state index in [2.05, 4.69) is 10.1 Å². The summed E-state index contributed by atoms with van der Waals surface area (Å²) in [6.07, 6.45) is 7.22. The monoisotopic (exact) mass is 399 g/mol. The number of nitrogens with zero attached hydrogens (tertiary/aromatic N) is 4. The minimum Gasteiger partial charge on any atom is -0.464 e. The van der Waals surface area contributed by atoms with Gasteiger partial charge in [-0.2, -0.15) is 10.1 Å². The van der Waals surface area contributed by atoms with Crippen LogP contribution in [0.4, 0.5) is 5.95 Å². The second kappa shape index (κ2) is 7.07. The molecule has 0 fully saturated rings. The Morgan fingerprint density at radius 1 is 1.17 bits per heavy atom. The zero-order valence-electron chi connectivity index (χ0n) is 16.2. The Balaban J connectivity index is 1.39. The fourth-order valence-electron chi connectivity index (χ4n) is 3.72. The lowest BCUT2D eigenvalue weighted by Crippen LogP contribution is -2.10. The standard InChI is InChI=1S/C22H21N7O/c23-20(24)15-7-5-14(6-8-15)3-1-9-29-21-17(12-26-29)18-11-16(19-4-2-10-30-19)13-28(18)22(25)27-21/h2,4-8,10-13H,1,3,9H2,(H3,23,24)(H2,25,27). The lowest BCUT2D eigenvalue weighted by Gasteiger charge is -2.06. The Labute approximate surface area is 172 Å². The zero-order chi connectivity index (χ0) is 20.7. The van der Waals surface area contributed by atoms with E-state index in [0.717, 1.165) is 52.8 Å². The van der Waals surface area contributed by atoms with Gasteiger partial charge in [-0.25, -0.2) is 4.68 Å². The number of hydrogen-bond acceptors (Lipinski definition) is 5. The van der Waals surface area contributed by atoms with Crippen LogP contribution in [0.25, 0.3) is 27.9 Å². The van der Waals surface area contributed by atoms with Crippen molar-refractivity contribution in [2.45, 2.75) is 19.4 Å². The minimum atomic E-state index is 0.0834. The van der Waals surface area contributed by atoms with Crippen LogP contribution in [0.2, 0.25) is 0 Å². The third-order valence-electron chi connectivity index (χ3n) is 5.28. The number of fused-ring (bicyclic) bond motifs is 3. The molecule has 1 aromatic carbocycles. The number of amidine groups is 1. The predicted octanol–water partition coefficient (Wildman–Crippen LogP) is 3.44. The van der Waals surface area contributed by atoms with Crippen molar-refractivity contribution in [2.75, 3.05) is 5.73 Å². The first-order chi connectivity index (χ1) is 14.6. The molecule has 0 amide bonds. The van der Waals surface area contributed by atoms with E-state index in [1.807, 2.05) is 63.9 Å². The van der Waals surface area contributed by atoms with Gasteiger partial charge in [0.15, 0.2) is 5.65 Å². The average molecular weight is 399 g/mol. The number of furan rings is 1. The highest BCUT2D eigenvalue weighted by molar-refractivity contribution is 5.95. The third-order valence-corrected chi connectivity index (χ3v) is 5.28. The van der Waals surface area contributed by atoms with Crippen molar-refractivity contribution < 1.29 is 4.42 Å². The van der Waals surface area contributed by atoms with Crippen LogP contribution in [-0.4, -0.2) is 25.0 Å². The van der Waals surface area contributed by atoms with Gasteiger partial charge in [-0.15, -0.1) is 0 Å². The Morgan fingerprint density at radius 3 is 2.73 bits per heavy atom. The predicted molar refractivity (Wildman–Crippen MR) is 116 cm³/mol. The van der Waals surface area contributed by atoms with E-state index in [0.29, 0.717) is 5.95 Å². The average Bonchev–Trinajstić information content (AvgIpc) is 3.48. The summed E-state index contributed by atoms with van der Waals surface area (Å²) in [4.78, 5) is 4.59. The first-order valence-corrected chi connectivity index (χ1v) is 9.70. The topological polar surface area (TPSA) is 124 Å². The molecule has 8 heteroatoms. The summed E-state index contributed by atoms with van der Waals surface area (Å²) >= 11 is 0. The van der Waals surface area contributed by atoms with Crippen LogP contribution in [0.3, 0.4) is 0 Å². The Kier molecular flexibility index (Phi) is 4.24. The fourth-order valence-corrected chi connectivity index (χ4v) is 3.72. The molecule has 0 saturated carbocycles.